The Morgan fingerprint density at radius 3 is 2.41 bits per heavy atom. The van der Waals surface area contributed by atoms with Gasteiger partial charge in [0.05, 0.1) is 18.7 Å². The highest BCUT2D eigenvalue weighted by Crippen LogP contribution is 2.28. The summed E-state index contributed by atoms with van der Waals surface area (Å²) in [5.74, 6) is -0.292. The second kappa shape index (κ2) is 15.4. The summed E-state index contributed by atoms with van der Waals surface area (Å²) in [5, 5.41) is 21.2. The molecule has 0 radical (unpaired) electrons. The summed E-state index contributed by atoms with van der Waals surface area (Å²) in [6.07, 6.45) is 6.07. The minimum atomic E-state index is -1.00. The zero-order valence-corrected chi connectivity index (χ0v) is 26.9. The smallest absolute Gasteiger partial charge is 0.317 e. The van der Waals surface area contributed by atoms with Crippen LogP contribution in [0.3, 0.4) is 0 Å². The lowest BCUT2D eigenvalue weighted by Gasteiger charge is -2.32. The van der Waals surface area contributed by atoms with Gasteiger partial charge >= 0.3 is 6.03 Å². The molecule has 4 rings (SSSR count). The first-order valence-electron chi connectivity index (χ1n) is 16.3. The maximum Gasteiger partial charge on any atom is 0.317 e. The molecule has 4 N–H and O–H groups in total. The molecule has 4 amide bonds. The Bertz CT molecular complexity index is 1260. The van der Waals surface area contributed by atoms with Crippen LogP contribution in [-0.4, -0.2) is 72.2 Å². The van der Waals surface area contributed by atoms with Gasteiger partial charge in [0.1, 0.15) is 0 Å². The maximum atomic E-state index is 13.9. The quantitative estimate of drug-likeness (QED) is 0.261. The second-order valence-corrected chi connectivity index (χ2v) is 13.5. The van der Waals surface area contributed by atoms with E-state index in [-0.39, 0.29) is 35.8 Å². The van der Waals surface area contributed by atoms with E-state index >= 15 is 0 Å². The van der Waals surface area contributed by atoms with Crippen LogP contribution in [0.4, 0.5) is 16.2 Å². The van der Waals surface area contributed by atoms with E-state index in [2.05, 4.69) is 36.7 Å². The molecule has 2 aliphatic rings. The number of rotatable bonds is 12. The van der Waals surface area contributed by atoms with Crippen LogP contribution < -0.4 is 20.9 Å². The summed E-state index contributed by atoms with van der Waals surface area (Å²) in [4.78, 5) is 43.0. The number of urea groups is 1. The Kier molecular flexibility index (Phi) is 11.7. The highest BCUT2D eigenvalue weighted by atomic mass is 16.3. The van der Waals surface area contributed by atoms with E-state index < -0.39 is 12.1 Å². The highest BCUT2D eigenvalue weighted by molar-refractivity contribution is 6.00. The minimum Gasteiger partial charge on any atom is -0.389 e. The number of likely N-dealkylation sites (N-methyl/N-ethyl adjacent to an activating group) is 1. The monoisotopic (exact) mass is 605 g/mol. The van der Waals surface area contributed by atoms with Crippen molar-refractivity contribution in [1.29, 1.82) is 0 Å². The lowest BCUT2D eigenvalue weighted by molar-refractivity contribution is -0.117. The van der Waals surface area contributed by atoms with E-state index in [1.807, 2.05) is 43.3 Å². The van der Waals surface area contributed by atoms with Crippen LogP contribution in [-0.2, 0) is 11.2 Å². The van der Waals surface area contributed by atoms with Crippen molar-refractivity contribution in [2.75, 3.05) is 36.4 Å². The largest absolute Gasteiger partial charge is 0.389 e. The number of hydrogen-bond donors (Lipinski definition) is 4. The van der Waals surface area contributed by atoms with E-state index in [0.29, 0.717) is 43.7 Å². The molecule has 240 valence electrons. The second-order valence-electron chi connectivity index (χ2n) is 13.5. The van der Waals surface area contributed by atoms with Crippen molar-refractivity contribution in [2.45, 2.75) is 97.2 Å². The van der Waals surface area contributed by atoms with Gasteiger partial charge in [0.2, 0.25) is 5.91 Å². The zero-order chi connectivity index (χ0) is 31.7. The number of aliphatic hydroxyl groups excluding tert-OH is 1. The van der Waals surface area contributed by atoms with Crippen LogP contribution in [0.5, 0.6) is 0 Å². The van der Waals surface area contributed by atoms with Crippen molar-refractivity contribution in [3.63, 3.8) is 0 Å². The molecule has 0 spiro atoms. The van der Waals surface area contributed by atoms with E-state index in [4.69, 9.17) is 0 Å². The molecule has 1 saturated carbocycles. The number of carbonyl (C=O) groups excluding carboxylic acids is 3. The van der Waals surface area contributed by atoms with Gasteiger partial charge in [-0.1, -0.05) is 70.4 Å². The van der Waals surface area contributed by atoms with Crippen LogP contribution in [0.15, 0.2) is 48.5 Å². The fourth-order valence-electron chi connectivity index (χ4n) is 5.91. The average molecular weight is 606 g/mol. The van der Waals surface area contributed by atoms with E-state index in [9.17, 15) is 19.5 Å². The van der Waals surface area contributed by atoms with E-state index in [1.54, 1.807) is 21.9 Å². The SMILES string of the molecule is CCN(CC(O)C(Cc1ccccc1)NC(=O)c1cc(NCC(C)(C)C)cc(N2CCCC2=O)c1)C(=O)NC1CCCCC1. The van der Waals surface area contributed by atoms with Gasteiger partial charge in [-0.2, -0.15) is 0 Å². The predicted molar refractivity (Wildman–Crippen MR) is 176 cm³/mol. The molecular weight excluding hydrogens is 554 g/mol. The van der Waals surface area contributed by atoms with Crippen molar-refractivity contribution in [3.05, 3.63) is 59.7 Å². The number of aliphatic hydroxyl groups is 1. The lowest BCUT2D eigenvalue weighted by atomic mass is 9.96. The topological polar surface area (TPSA) is 114 Å². The number of amides is 4. The average Bonchev–Trinajstić information content (AvgIpc) is 3.44. The molecule has 1 aliphatic carbocycles. The number of carbonyl (C=O) groups is 3. The van der Waals surface area contributed by atoms with Crippen molar-refractivity contribution in [3.8, 4) is 0 Å². The van der Waals surface area contributed by atoms with Gasteiger partial charge in [-0.05, 0) is 61.8 Å². The van der Waals surface area contributed by atoms with Gasteiger partial charge in [0.15, 0.2) is 0 Å². The molecule has 2 atom stereocenters. The van der Waals surface area contributed by atoms with Crippen molar-refractivity contribution in [2.24, 2.45) is 5.41 Å². The number of anilines is 2. The molecule has 9 nitrogen and oxygen atoms in total. The zero-order valence-electron chi connectivity index (χ0n) is 26.9. The minimum absolute atomic E-state index is 0.0151. The van der Waals surface area contributed by atoms with Crippen LogP contribution >= 0.6 is 0 Å². The summed E-state index contributed by atoms with van der Waals surface area (Å²) in [7, 11) is 0. The van der Waals surface area contributed by atoms with E-state index in [0.717, 1.165) is 43.4 Å². The Labute approximate surface area is 262 Å². The Morgan fingerprint density at radius 1 is 1.05 bits per heavy atom. The van der Waals surface area contributed by atoms with Gasteiger partial charge < -0.3 is 30.9 Å². The first-order chi connectivity index (χ1) is 21.0. The molecule has 2 aromatic carbocycles. The van der Waals surface area contributed by atoms with Gasteiger partial charge in [-0.15, -0.1) is 0 Å². The van der Waals surface area contributed by atoms with Crippen molar-refractivity contribution < 1.29 is 19.5 Å². The first kappa shape index (κ1) is 33.3. The van der Waals surface area contributed by atoms with E-state index in [1.165, 1.54) is 6.42 Å². The molecular formula is C35H51N5O4. The Hall–Kier alpha value is -3.59. The number of hydrogen-bond acceptors (Lipinski definition) is 5. The normalized spacial score (nSPS) is 17.2. The third kappa shape index (κ3) is 9.71. The molecule has 1 aliphatic heterocycles. The van der Waals surface area contributed by atoms with Gasteiger partial charge in [0.25, 0.3) is 5.91 Å². The molecule has 2 unspecified atom stereocenters. The van der Waals surface area contributed by atoms with Crippen LogP contribution in [0.2, 0.25) is 0 Å². The number of nitrogens with one attached hydrogen (secondary N) is 3. The first-order valence-corrected chi connectivity index (χ1v) is 16.3. The van der Waals surface area contributed by atoms with Crippen molar-refractivity contribution >= 4 is 29.2 Å². The van der Waals surface area contributed by atoms with Gasteiger partial charge in [-0.3, -0.25) is 9.59 Å². The Morgan fingerprint density at radius 2 is 1.77 bits per heavy atom. The van der Waals surface area contributed by atoms with Gasteiger partial charge in [0, 0.05) is 49.0 Å². The van der Waals surface area contributed by atoms with Gasteiger partial charge in [-0.25, -0.2) is 4.79 Å². The third-order valence-corrected chi connectivity index (χ3v) is 8.48. The molecule has 44 heavy (non-hydrogen) atoms. The standard InChI is InChI=1S/C35H51N5O4/c1-5-39(34(44)37-27-15-10-7-11-16-27)23-31(41)30(19-25-13-8-6-9-14-25)38-33(43)26-20-28(36-24-35(2,3)4)22-29(21-26)40-18-12-17-32(40)42/h6,8-9,13-14,20-22,27,30-31,36,41H,5,7,10-12,15-19,23-24H2,1-4H3,(H,37,44)(H,38,43). The summed E-state index contributed by atoms with van der Waals surface area (Å²) >= 11 is 0. The fourth-order valence-corrected chi connectivity index (χ4v) is 5.91. The number of nitrogens with zero attached hydrogens (tertiary/aromatic N) is 2. The molecule has 9 heteroatoms. The Balaban J connectivity index is 1.54. The lowest BCUT2D eigenvalue weighted by Crippen LogP contribution is -2.53. The summed E-state index contributed by atoms with van der Waals surface area (Å²) < 4.78 is 0. The van der Waals surface area contributed by atoms with Crippen molar-refractivity contribution in [1.82, 2.24) is 15.5 Å². The molecule has 2 fully saturated rings. The summed E-state index contributed by atoms with van der Waals surface area (Å²) in [6, 6.07) is 14.5. The predicted octanol–water partition coefficient (Wildman–Crippen LogP) is 5.34. The number of benzene rings is 2. The molecule has 0 aromatic heterocycles. The molecule has 1 saturated heterocycles. The summed E-state index contributed by atoms with van der Waals surface area (Å²) in [6.45, 7) is 10.1. The summed E-state index contributed by atoms with van der Waals surface area (Å²) in [5.41, 5.74) is 2.84. The molecule has 0 bridgehead atoms. The maximum absolute atomic E-state index is 13.9. The van der Waals surface area contributed by atoms with Crippen LogP contribution in [0, 0.1) is 5.41 Å². The molecule has 1 heterocycles. The van der Waals surface area contributed by atoms with Crippen LogP contribution in [0.1, 0.15) is 88.6 Å². The third-order valence-electron chi connectivity index (χ3n) is 8.48. The highest BCUT2D eigenvalue weighted by Gasteiger charge is 2.29. The van der Waals surface area contributed by atoms with Crippen LogP contribution in [0.25, 0.3) is 0 Å². The molecule has 2 aromatic rings. The fraction of sp³-hybridized carbons (Fsp3) is 0.571.